The van der Waals surface area contributed by atoms with Crippen LogP contribution in [0.3, 0.4) is 0 Å². The third kappa shape index (κ3) is 4.57. The van der Waals surface area contributed by atoms with Gasteiger partial charge in [-0.25, -0.2) is 0 Å². The SMILES string of the molecule is O=C(c1cccs1)C(C(=O)C(F)(F)F)C(Nc1ccc2ccccc2c1)c1ccccc1. The highest BCUT2D eigenvalue weighted by Gasteiger charge is 2.50. The van der Waals surface area contributed by atoms with Crippen LogP contribution < -0.4 is 5.32 Å². The quantitative estimate of drug-likeness (QED) is 0.251. The normalized spacial score (nSPS) is 13.5. The van der Waals surface area contributed by atoms with Crippen LogP contribution in [0.1, 0.15) is 21.3 Å². The van der Waals surface area contributed by atoms with Gasteiger partial charge in [0.1, 0.15) is 5.92 Å². The highest BCUT2D eigenvalue weighted by Crippen LogP contribution is 2.36. The van der Waals surface area contributed by atoms with Crippen molar-refractivity contribution in [3.05, 3.63) is 101 Å². The van der Waals surface area contributed by atoms with Crippen LogP contribution in [0.4, 0.5) is 18.9 Å². The van der Waals surface area contributed by atoms with E-state index in [0.29, 0.717) is 11.3 Å². The van der Waals surface area contributed by atoms with Crippen LogP contribution >= 0.6 is 11.3 Å². The molecule has 2 unspecified atom stereocenters. The second-order valence-corrected chi connectivity index (χ2v) is 8.22. The van der Waals surface area contributed by atoms with E-state index < -0.39 is 29.7 Å². The van der Waals surface area contributed by atoms with Gasteiger partial charge in [-0.15, -0.1) is 11.3 Å². The Morgan fingerprint density at radius 2 is 1.50 bits per heavy atom. The van der Waals surface area contributed by atoms with Gasteiger partial charge in [0.25, 0.3) is 0 Å². The molecule has 0 amide bonds. The minimum Gasteiger partial charge on any atom is -0.377 e. The number of thiophene rings is 1. The number of halogens is 3. The Balaban J connectivity index is 1.81. The number of anilines is 1. The Hall–Kier alpha value is -3.45. The third-order valence-corrected chi connectivity index (χ3v) is 6.06. The second kappa shape index (κ2) is 8.96. The average molecular weight is 453 g/mol. The van der Waals surface area contributed by atoms with E-state index >= 15 is 0 Å². The number of ketones is 2. The highest BCUT2D eigenvalue weighted by molar-refractivity contribution is 7.12. The van der Waals surface area contributed by atoms with Crippen LogP contribution in [0.25, 0.3) is 10.8 Å². The van der Waals surface area contributed by atoms with E-state index in [1.807, 2.05) is 30.3 Å². The molecule has 0 aliphatic carbocycles. The smallest absolute Gasteiger partial charge is 0.377 e. The predicted octanol–water partition coefficient (Wildman–Crippen LogP) is 6.69. The van der Waals surface area contributed by atoms with Gasteiger partial charge in [-0.05, 0) is 39.9 Å². The molecule has 0 spiro atoms. The summed E-state index contributed by atoms with van der Waals surface area (Å²) >= 11 is 1.01. The Kier molecular flexibility index (Phi) is 6.10. The van der Waals surface area contributed by atoms with E-state index in [1.54, 1.807) is 53.9 Å². The first kappa shape index (κ1) is 21.8. The molecule has 4 aromatic rings. The van der Waals surface area contributed by atoms with Crippen LogP contribution in [-0.2, 0) is 4.79 Å². The zero-order chi connectivity index (χ0) is 22.7. The highest BCUT2D eigenvalue weighted by atomic mass is 32.1. The Morgan fingerprint density at radius 3 is 2.16 bits per heavy atom. The molecular weight excluding hydrogens is 435 g/mol. The van der Waals surface area contributed by atoms with Crippen LogP contribution in [0.2, 0.25) is 0 Å². The van der Waals surface area contributed by atoms with Crippen LogP contribution in [0.5, 0.6) is 0 Å². The summed E-state index contributed by atoms with van der Waals surface area (Å²) in [6, 6.07) is 23.0. The molecule has 1 aromatic heterocycles. The molecule has 7 heteroatoms. The molecular formula is C25H18F3NO2S. The van der Waals surface area contributed by atoms with E-state index in [2.05, 4.69) is 5.32 Å². The molecule has 2 atom stereocenters. The first-order valence-electron chi connectivity index (χ1n) is 9.83. The maximum absolute atomic E-state index is 13.6. The fourth-order valence-electron chi connectivity index (χ4n) is 3.65. The van der Waals surface area contributed by atoms with Gasteiger partial charge in [0.05, 0.1) is 10.9 Å². The zero-order valence-corrected chi connectivity index (χ0v) is 17.5. The maximum Gasteiger partial charge on any atom is 0.450 e. The molecule has 162 valence electrons. The molecule has 32 heavy (non-hydrogen) atoms. The van der Waals surface area contributed by atoms with Crippen molar-refractivity contribution in [2.75, 3.05) is 5.32 Å². The van der Waals surface area contributed by atoms with Crippen molar-refractivity contribution in [2.45, 2.75) is 12.2 Å². The van der Waals surface area contributed by atoms with Gasteiger partial charge >= 0.3 is 6.18 Å². The Morgan fingerprint density at radius 1 is 0.812 bits per heavy atom. The number of alkyl halides is 3. The Labute approximate surface area is 186 Å². The molecule has 1 heterocycles. The summed E-state index contributed by atoms with van der Waals surface area (Å²) in [6.07, 6.45) is -5.16. The fraction of sp³-hybridized carbons (Fsp3) is 0.120. The summed E-state index contributed by atoms with van der Waals surface area (Å²) < 4.78 is 40.8. The minimum atomic E-state index is -5.16. The first-order valence-corrected chi connectivity index (χ1v) is 10.7. The van der Waals surface area contributed by atoms with Crippen molar-refractivity contribution in [1.82, 2.24) is 0 Å². The molecule has 1 N–H and O–H groups in total. The van der Waals surface area contributed by atoms with Crippen LogP contribution in [-0.4, -0.2) is 17.7 Å². The lowest BCUT2D eigenvalue weighted by atomic mass is 9.85. The van der Waals surface area contributed by atoms with E-state index in [9.17, 15) is 22.8 Å². The molecule has 4 rings (SSSR count). The summed E-state index contributed by atoms with van der Waals surface area (Å²) in [5.74, 6) is -4.90. The van der Waals surface area contributed by atoms with Crippen molar-refractivity contribution >= 4 is 39.4 Å². The Bertz CT molecular complexity index is 1240. The zero-order valence-electron chi connectivity index (χ0n) is 16.7. The van der Waals surface area contributed by atoms with Gasteiger partial charge in [-0.3, -0.25) is 9.59 Å². The number of Topliss-reactive ketones (excluding diaryl/α,β-unsaturated/α-hetero) is 2. The molecule has 0 aliphatic heterocycles. The molecule has 0 saturated carbocycles. The monoisotopic (exact) mass is 453 g/mol. The van der Waals surface area contributed by atoms with Gasteiger partial charge in [-0.1, -0.05) is 66.7 Å². The summed E-state index contributed by atoms with van der Waals surface area (Å²) in [5, 5.41) is 6.49. The molecule has 0 saturated heterocycles. The number of carbonyl (C=O) groups excluding carboxylic acids is 2. The predicted molar refractivity (Wildman–Crippen MR) is 120 cm³/mol. The van der Waals surface area contributed by atoms with Crippen molar-refractivity contribution in [2.24, 2.45) is 5.92 Å². The number of fused-ring (bicyclic) bond motifs is 1. The van der Waals surface area contributed by atoms with Crippen molar-refractivity contribution in [3.8, 4) is 0 Å². The van der Waals surface area contributed by atoms with E-state index in [0.717, 1.165) is 22.1 Å². The molecule has 0 radical (unpaired) electrons. The van der Waals surface area contributed by atoms with Gasteiger partial charge in [0, 0.05) is 5.69 Å². The van der Waals surface area contributed by atoms with E-state index in [-0.39, 0.29) is 4.88 Å². The lowest BCUT2D eigenvalue weighted by Gasteiger charge is -2.28. The topological polar surface area (TPSA) is 46.2 Å². The number of rotatable bonds is 7. The van der Waals surface area contributed by atoms with E-state index in [1.165, 1.54) is 6.07 Å². The average Bonchev–Trinajstić information content (AvgIpc) is 3.33. The number of nitrogens with one attached hydrogen (secondary N) is 1. The third-order valence-electron chi connectivity index (χ3n) is 5.17. The number of hydrogen-bond donors (Lipinski definition) is 1. The number of hydrogen-bond acceptors (Lipinski definition) is 4. The lowest BCUT2D eigenvalue weighted by Crippen LogP contribution is -2.41. The van der Waals surface area contributed by atoms with Gasteiger partial charge in [0.2, 0.25) is 5.78 Å². The van der Waals surface area contributed by atoms with Gasteiger partial charge in [0.15, 0.2) is 5.78 Å². The van der Waals surface area contributed by atoms with Crippen molar-refractivity contribution in [3.63, 3.8) is 0 Å². The molecule has 3 aromatic carbocycles. The first-order chi connectivity index (χ1) is 15.3. The number of benzene rings is 3. The van der Waals surface area contributed by atoms with Crippen molar-refractivity contribution < 1.29 is 22.8 Å². The van der Waals surface area contributed by atoms with Crippen LogP contribution in [0.15, 0.2) is 90.3 Å². The molecule has 0 fully saturated rings. The molecule has 3 nitrogen and oxygen atoms in total. The van der Waals surface area contributed by atoms with Crippen molar-refractivity contribution in [1.29, 1.82) is 0 Å². The van der Waals surface area contributed by atoms with Crippen LogP contribution in [0, 0.1) is 5.92 Å². The molecule has 0 aliphatic rings. The second-order valence-electron chi connectivity index (χ2n) is 7.28. The summed E-state index contributed by atoms with van der Waals surface area (Å²) in [7, 11) is 0. The summed E-state index contributed by atoms with van der Waals surface area (Å²) in [4.78, 5) is 25.8. The standard InChI is InChI=1S/C25H18F3NO2S/c26-25(27,28)24(31)21(23(30)20-11-6-14-32-20)22(17-8-2-1-3-9-17)29-19-13-12-16-7-4-5-10-18(16)15-19/h1-15,21-22,29H. The summed E-state index contributed by atoms with van der Waals surface area (Å²) in [6.45, 7) is 0. The van der Waals surface area contributed by atoms with E-state index in [4.69, 9.17) is 0 Å². The fourth-order valence-corrected chi connectivity index (χ4v) is 4.35. The molecule has 0 bridgehead atoms. The van der Waals surface area contributed by atoms with Gasteiger partial charge < -0.3 is 5.32 Å². The summed E-state index contributed by atoms with van der Waals surface area (Å²) in [5.41, 5.74) is 0.921. The lowest BCUT2D eigenvalue weighted by molar-refractivity contribution is -0.174. The maximum atomic E-state index is 13.6. The largest absolute Gasteiger partial charge is 0.450 e. The minimum absolute atomic E-state index is 0.105. The van der Waals surface area contributed by atoms with Gasteiger partial charge in [-0.2, -0.15) is 13.2 Å². The number of carbonyl (C=O) groups is 2.